The van der Waals surface area contributed by atoms with E-state index in [4.69, 9.17) is 17.3 Å². The summed E-state index contributed by atoms with van der Waals surface area (Å²) in [6.07, 6.45) is 0.887. The van der Waals surface area contributed by atoms with E-state index in [0.717, 1.165) is 12.8 Å². The molecule has 1 unspecified atom stereocenters. The summed E-state index contributed by atoms with van der Waals surface area (Å²) in [5, 5.41) is 10.3. The molecule has 120 valence electrons. The molecule has 1 aromatic carbocycles. The maximum atomic E-state index is 12.3. The van der Waals surface area contributed by atoms with Gasteiger partial charge in [0.15, 0.2) is 0 Å². The van der Waals surface area contributed by atoms with Gasteiger partial charge in [-0.3, -0.25) is 0 Å². The quantitative estimate of drug-likeness (QED) is 0.667. The summed E-state index contributed by atoms with van der Waals surface area (Å²) in [5.41, 5.74) is 6.38. The van der Waals surface area contributed by atoms with Crippen LogP contribution in [0.5, 0.6) is 0 Å². The summed E-state index contributed by atoms with van der Waals surface area (Å²) < 4.78 is 27.0. The summed E-state index contributed by atoms with van der Waals surface area (Å²) in [7, 11) is -3.72. The van der Waals surface area contributed by atoms with Gasteiger partial charge >= 0.3 is 0 Å². The number of nitrogens with two attached hydrogens (primary N) is 1. The molecule has 4 N–H and O–H groups in total. The van der Waals surface area contributed by atoms with Crippen LogP contribution in [-0.4, -0.2) is 26.2 Å². The van der Waals surface area contributed by atoms with Crippen LogP contribution in [0.2, 0.25) is 5.02 Å². The van der Waals surface area contributed by atoms with Crippen molar-refractivity contribution < 1.29 is 13.5 Å². The fourth-order valence-electron chi connectivity index (χ4n) is 2.23. The number of halogens is 1. The average molecular weight is 335 g/mol. The van der Waals surface area contributed by atoms with Crippen LogP contribution in [0.4, 0.5) is 5.69 Å². The van der Waals surface area contributed by atoms with Crippen molar-refractivity contribution in [2.45, 2.75) is 44.6 Å². The minimum atomic E-state index is -3.72. The molecule has 21 heavy (non-hydrogen) atoms. The number of hydrogen-bond acceptors (Lipinski definition) is 4. The van der Waals surface area contributed by atoms with Crippen LogP contribution in [0.3, 0.4) is 0 Å². The lowest BCUT2D eigenvalue weighted by molar-refractivity contribution is 0.107. The maximum Gasteiger partial charge on any atom is 0.240 e. The third-order valence-corrected chi connectivity index (χ3v) is 5.55. The SMILES string of the molecule is CCC(CC)C(O)CNS(=O)(=O)c1cc(N)c(Cl)cc1C. The van der Waals surface area contributed by atoms with Crippen LogP contribution >= 0.6 is 11.6 Å². The van der Waals surface area contributed by atoms with Gasteiger partial charge in [0.05, 0.1) is 21.7 Å². The number of nitrogens with one attached hydrogen (secondary N) is 1. The lowest BCUT2D eigenvalue weighted by atomic mass is 9.97. The van der Waals surface area contributed by atoms with E-state index in [1.165, 1.54) is 12.1 Å². The van der Waals surface area contributed by atoms with Gasteiger partial charge in [-0.2, -0.15) is 0 Å². The van der Waals surface area contributed by atoms with Crippen molar-refractivity contribution in [1.82, 2.24) is 4.72 Å². The molecule has 0 aliphatic rings. The molecule has 0 amide bonds. The van der Waals surface area contributed by atoms with E-state index in [0.29, 0.717) is 10.6 Å². The Bertz CT molecular complexity index is 586. The minimum absolute atomic E-state index is 0.0172. The van der Waals surface area contributed by atoms with Crippen molar-refractivity contribution in [1.29, 1.82) is 0 Å². The molecule has 0 fully saturated rings. The van der Waals surface area contributed by atoms with Gasteiger partial charge in [0.2, 0.25) is 10.0 Å². The first-order valence-corrected chi connectivity index (χ1v) is 8.82. The van der Waals surface area contributed by atoms with Gasteiger partial charge in [0, 0.05) is 6.54 Å². The van der Waals surface area contributed by atoms with Gasteiger partial charge in [0.1, 0.15) is 0 Å². The van der Waals surface area contributed by atoms with E-state index in [2.05, 4.69) is 4.72 Å². The number of aliphatic hydroxyl groups excluding tert-OH is 1. The van der Waals surface area contributed by atoms with Crippen molar-refractivity contribution in [3.8, 4) is 0 Å². The Kier molecular flexibility index (Phi) is 6.46. The van der Waals surface area contributed by atoms with Crippen molar-refractivity contribution in [3.05, 3.63) is 22.7 Å². The molecule has 0 aliphatic heterocycles. The Morgan fingerprint density at radius 3 is 2.43 bits per heavy atom. The number of benzene rings is 1. The van der Waals surface area contributed by atoms with Crippen LogP contribution in [0.1, 0.15) is 32.3 Å². The first kappa shape index (κ1) is 18.2. The largest absolute Gasteiger partial charge is 0.397 e. The Hall–Kier alpha value is -0.820. The van der Waals surface area contributed by atoms with Gasteiger partial charge in [-0.25, -0.2) is 13.1 Å². The summed E-state index contributed by atoms with van der Waals surface area (Å²) in [5.74, 6) is 0.0732. The molecule has 0 saturated carbocycles. The number of anilines is 1. The lowest BCUT2D eigenvalue weighted by Gasteiger charge is -2.20. The molecule has 0 radical (unpaired) electrons. The average Bonchev–Trinajstić information content (AvgIpc) is 2.42. The minimum Gasteiger partial charge on any atom is -0.397 e. The lowest BCUT2D eigenvalue weighted by Crippen LogP contribution is -2.36. The highest BCUT2D eigenvalue weighted by atomic mass is 35.5. The first-order chi connectivity index (χ1) is 9.72. The number of sulfonamides is 1. The highest BCUT2D eigenvalue weighted by Crippen LogP contribution is 2.26. The van der Waals surface area contributed by atoms with Gasteiger partial charge < -0.3 is 10.8 Å². The van der Waals surface area contributed by atoms with E-state index >= 15 is 0 Å². The number of aryl methyl sites for hydroxylation is 1. The molecule has 0 aliphatic carbocycles. The standard InChI is InChI=1S/C14H23ClN2O3S/c1-4-10(5-2)13(18)8-17-21(19,20)14-7-12(16)11(15)6-9(14)3/h6-7,10,13,17-18H,4-5,8,16H2,1-3H3. The molecule has 0 bridgehead atoms. The summed E-state index contributed by atoms with van der Waals surface area (Å²) in [6.45, 7) is 5.57. The van der Waals surface area contributed by atoms with E-state index in [1.807, 2.05) is 13.8 Å². The van der Waals surface area contributed by atoms with Crippen molar-refractivity contribution in [2.24, 2.45) is 5.92 Å². The molecule has 0 aromatic heterocycles. The van der Waals surface area contributed by atoms with E-state index in [-0.39, 0.29) is 23.0 Å². The third kappa shape index (κ3) is 4.57. The Balaban J connectivity index is 2.90. The zero-order chi connectivity index (χ0) is 16.2. The third-order valence-electron chi connectivity index (χ3n) is 3.66. The molecule has 1 aromatic rings. The molecule has 0 saturated heterocycles. The van der Waals surface area contributed by atoms with Gasteiger partial charge in [-0.05, 0) is 30.5 Å². The van der Waals surface area contributed by atoms with Crippen LogP contribution in [0.15, 0.2) is 17.0 Å². The summed E-state index contributed by atoms with van der Waals surface area (Å²) in [6, 6.07) is 2.85. The molecule has 0 spiro atoms. The molecular weight excluding hydrogens is 312 g/mol. The first-order valence-electron chi connectivity index (χ1n) is 6.96. The van der Waals surface area contributed by atoms with E-state index < -0.39 is 16.1 Å². The number of aliphatic hydroxyl groups is 1. The monoisotopic (exact) mass is 334 g/mol. The van der Waals surface area contributed by atoms with Gasteiger partial charge in [0.25, 0.3) is 0 Å². The molecule has 1 atom stereocenters. The zero-order valence-electron chi connectivity index (χ0n) is 12.6. The predicted octanol–water partition coefficient (Wildman–Crippen LogP) is 2.31. The summed E-state index contributed by atoms with van der Waals surface area (Å²) >= 11 is 5.86. The normalized spacial score (nSPS) is 13.6. The summed E-state index contributed by atoms with van der Waals surface area (Å²) in [4.78, 5) is 0.0844. The maximum absolute atomic E-state index is 12.3. The smallest absolute Gasteiger partial charge is 0.240 e. The molecular formula is C14H23ClN2O3S. The van der Waals surface area contributed by atoms with Crippen molar-refractivity contribution in [3.63, 3.8) is 0 Å². The fourth-order valence-corrected chi connectivity index (χ4v) is 3.76. The number of rotatable bonds is 7. The second-order valence-electron chi connectivity index (χ2n) is 5.14. The molecule has 5 nitrogen and oxygen atoms in total. The molecule has 0 heterocycles. The van der Waals surface area contributed by atoms with E-state index in [9.17, 15) is 13.5 Å². The fraction of sp³-hybridized carbons (Fsp3) is 0.571. The highest BCUT2D eigenvalue weighted by Gasteiger charge is 2.22. The van der Waals surface area contributed by atoms with E-state index in [1.54, 1.807) is 6.92 Å². The van der Waals surface area contributed by atoms with Crippen molar-refractivity contribution in [2.75, 3.05) is 12.3 Å². The van der Waals surface area contributed by atoms with Crippen LogP contribution in [-0.2, 0) is 10.0 Å². The zero-order valence-corrected chi connectivity index (χ0v) is 14.1. The Labute approximate surface area is 131 Å². The predicted molar refractivity (Wildman–Crippen MR) is 85.9 cm³/mol. The van der Waals surface area contributed by atoms with Crippen LogP contribution in [0, 0.1) is 12.8 Å². The van der Waals surface area contributed by atoms with Crippen LogP contribution in [0.25, 0.3) is 0 Å². The second kappa shape index (κ2) is 7.45. The van der Waals surface area contributed by atoms with Gasteiger partial charge in [-0.15, -0.1) is 0 Å². The van der Waals surface area contributed by atoms with Crippen LogP contribution < -0.4 is 10.5 Å². The van der Waals surface area contributed by atoms with Crippen molar-refractivity contribution >= 4 is 27.3 Å². The highest BCUT2D eigenvalue weighted by molar-refractivity contribution is 7.89. The van der Waals surface area contributed by atoms with Gasteiger partial charge in [-0.1, -0.05) is 38.3 Å². The number of nitrogen functional groups attached to an aromatic ring is 1. The Morgan fingerprint density at radius 2 is 1.90 bits per heavy atom. The topological polar surface area (TPSA) is 92.4 Å². The molecule has 1 rings (SSSR count). The molecule has 7 heteroatoms. The number of hydrogen-bond donors (Lipinski definition) is 3. The second-order valence-corrected chi connectivity index (χ2v) is 7.28. The Morgan fingerprint density at radius 1 is 1.33 bits per heavy atom.